The molecule has 1 nitrogen and oxygen atoms in total. The molecule has 1 aromatic carbocycles. The van der Waals surface area contributed by atoms with Crippen LogP contribution in [-0.4, -0.2) is 4.98 Å². The smallest absolute Gasteiger partial charge is 0.0734 e. The summed E-state index contributed by atoms with van der Waals surface area (Å²) in [7, 11) is 0. The minimum atomic E-state index is -0.00250. The maximum Gasteiger partial charge on any atom is 0.0734 e. The Bertz CT molecular complexity index is 615. The van der Waals surface area contributed by atoms with Gasteiger partial charge in [-0.25, -0.2) is 0 Å². The fourth-order valence-electron chi connectivity index (χ4n) is 1.96. The van der Waals surface area contributed by atoms with Crippen LogP contribution < -0.4 is 0 Å². The summed E-state index contributed by atoms with van der Waals surface area (Å²) < 4.78 is 1.29. The van der Waals surface area contributed by atoms with Crippen LogP contribution in [0.1, 0.15) is 15.9 Å². The topological polar surface area (TPSA) is 12.9 Å². The molecule has 3 heteroatoms. The van der Waals surface area contributed by atoms with Crippen molar-refractivity contribution in [3.05, 3.63) is 65.3 Å². The van der Waals surface area contributed by atoms with Crippen LogP contribution in [0.2, 0.25) is 0 Å². The number of benzene rings is 1. The molecule has 3 aromatic rings. The third-order valence-electron chi connectivity index (χ3n) is 2.87. The van der Waals surface area contributed by atoms with Crippen LogP contribution in [0, 0.1) is 0 Å². The zero-order valence-corrected chi connectivity index (χ0v) is 11.3. The van der Waals surface area contributed by atoms with Crippen molar-refractivity contribution >= 4 is 33.0 Å². The van der Waals surface area contributed by atoms with Gasteiger partial charge >= 0.3 is 0 Å². The summed E-state index contributed by atoms with van der Waals surface area (Å²) in [4.78, 5) is 5.53. The Morgan fingerprint density at radius 3 is 2.72 bits per heavy atom. The maximum atomic E-state index is 6.48. The van der Waals surface area contributed by atoms with E-state index in [2.05, 4.69) is 35.3 Å². The number of pyridine rings is 1. The summed E-state index contributed by atoms with van der Waals surface area (Å²) >= 11 is 8.25. The van der Waals surface area contributed by atoms with Gasteiger partial charge in [0.25, 0.3) is 0 Å². The van der Waals surface area contributed by atoms with E-state index in [0.717, 1.165) is 12.1 Å². The lowest BCUT2D eigenvalue weighted by atomic mass is 10.1. The van der Waals surface area contributed by atoms with Crippen molar-refractivity contribution in [1.29, 1.82) is 0 Å². The molecule has 2 heterocycles. The molecule has 0 aliphatic heterocycles. The minimum absolute atomic E-state index is 0.00250. The lowest BCUT2D eigenvalue weighted by molar-refractivity contribution is 0.897. The number of hydrogen-bond donors (Lipinski definition) is 0. The second-order valence-corrected chi connectivity index (χ2v) is 5.82. The van der Waals surface area contributed by atoms with E-state index < -0.39 is 0 Å². The van der Waals surface area contributed by atoms with Crippen LogP contribution in [0.5, 0.6) is 0 Å². The molecule has 1 unspecified atom stereocenters. The van der Waals surface area contributed by atoms with E-state index in [9.17, 15) is 0 Å². The quantitative estimate of drug-likeness (QED) is 0.624. The summed E-state index contributed by atoms with van der Waals surface area (Å²) in [6, 6.07) is 16.5. The van der Waals surface area contributed by atoms with Crippen molar-refractivity contribution in [1.82, 2.24) is 4.98 Å². The van der Waals surface area contributed by atoms with Crippen molar-refractivity contribution < 1.29 is 0 Å². The number of halogens is 1. The van der Waals surface area contributed by atoms with Crippen LogP contribution in [0.25, 0.3) is 10.1 Å². The van der Waals surface area contributed by atoms with Gasteiger partial charge < -0.3 is 0 Å². The van der Waals surface area contributed by atoms with Gasteiger partial charge in [0.15, 0.2) is 0 Å². The van der Waals surface area contributed by atoms with Gasteiger partial charge in [0.2, 0.25) is 0 Å². The Kier molecular flexibility index (Phi) is 3.31. The molecule has 0 fully saturated rings. The molecule has 0 radical (unpaired) electrons. The molecule has 2 aromatic heterocycles. The molecule has 0 N–H and O–H groups in total. The maximum absolute atomic E-state index is 6.48. The van der Waals surface area contributed by atoms with E-state index in [1.54, 1.807) is 11.3 Å². The predicted octanol–water partition coefficient (Wildman–Crippen LogP) is 4.82. The van der Waals surface area contributed by atoms with Gasteiger partial charge in [0, 0.05) is 27.9 Å². The van der Waals surface area contributed by atoms with E-state index in [1.807, 2.05) is 24.4 Å². The van der Waals surface area contributed by atoms with E-state index in [0.29, 0.717) is 0 Å². The standard InChI is InChI=1S/C15H12ClNS/c16-13(10-12-6-3-4-8-17-12)15-9-11-5-1-2-7-14(11)18-15/h1-9,13H,10H2. The summed E-state index contributed by atoms with van der Waals surface area (Å²) in [5.74, 6) is 0. The number of hydrogen-bond acceptors (Lipinski definition) is 2. The Hall–Kier alpha value is -1.38. The van der Waals surface area contributed by atoms with Crippen LogP contribution in [0.4, 0.5) is 0 Å². The Morgan fingerprint density at radius 1 is 1.11 bits per heavy atom. The first-order chi connectivity index (χ1) is 8.83. The minimum Gasteiger partial charge on any atom is -0.261 e. The summed E-state index contributed by atoms with van der Waals surface area (Å²) in [6.45, 7) is 0. The molecule has 0 spiro atoms. The number of aromatic nitrogens is 1. The molecule has 1 atom stereocenters. The number of nitrogens with zero attached hydrogens (tertiary/aromatic N) is 1. The zero-order chi connectivity index (χ0) is 12.4. The molecule has 0 saturated heterocycles. The summed E-state index contributed by atoms with van der Waals surface area (Å²) in [6.07, 6.45) is 2.58. The summed E-state index contributed by atoms with van der Waals surface area (Å²) in [5.41, 5.74) is 1.04. The van der Waals surface area contributed by atoms with Crippen molar-refractivity contribution in [2.75, 3.05) is 0 Å². The van der Waals surface area contributed by atoms with E-state index in [-0.39, 0.29) is 5.38 Å². The highest BCUT2D eigenvalue weighted by Crippen LogP contribution is 2.34. The van der Waals surface area contributed by atoms with Gasteiger partial charge in [-0.05, 0) is 29.7 Å². The van der Waals surface area contributed by atoms with Crippen molar-refractivity contribution in [3.8, 4) is 0 Å². The molecule has 3 rings (SSSR count). The monoisotopic (exact) mass is 273 g/mol. The second kappa shape index (κ2) is 5.09. The highest BCUT2D eigenvalue weighted by atomic mass is 35.5. The van der Waals surface area contributed by atoms with Gasteiger partial charge in [-0.2, -0.15) is 0 Å². The van der Waals surface area contributed by atoms with E-state index in [4.69, 9.17) is 11.6 Å². The molecular formula is C15H12ClNS. The molecule has 90 valence electrons. The first-order valence-electron chi connectivity index (χ1n) is 5.85. The van der Waals surface area contributed by atoms with Crippen molar-refractivity contribution in [2.45, 2.75) is 11.8 Å². The lowest BCUT2D eigenvalue weighted by Gasteiger charge is -2.05. The van der Waals surface area contributed by atoms with Crippen LogP contribution in [0.15, 0.2) is 54.7 Å². The van der Waals surface area contributed by atoms with Crippen LogP contribution >= 0.6 is 22.9 Å². The first kappa shape index (κ1) is 11.7. The second-order valence-electron chi connectivity index (χ2n) is 4.18. The van der Waals surface area contributed by atoms with E-state index >= 15 is 0 Å². The van der Waals surface area contributed by atoms with Crippen molar-refractivity contribution in [2.24, 2.45) is 0 Å². The molecule has 0 bridgehead atoms. The third kappa shape index (κ3) is 2.40. The summed E-state index contributed by atoms with van der Waals surface area (Å²) in [5, 5.41) is 1.27. The predicted molar refractivity (Wildman–Crippen MR) is 78.4 cm³/mol. The molecule has 18 heavy (non-hydrogen) atoms. The fourth-order valence-corrected chi connectivity index (χ4v) is 3.36. The van der Waals surface area contributed by atoms with Gasteiger partial charge in [-0.1, -0.05) is 24.3 Å². The number of fused-ring (bicyclic) bond motifs is 1. The SMILES string of the molecule is ClC(Cc1ccccn1)c1cc2ccccc2s1. The molecule has 0 amide bonds. The number of rotatable bonds is 3. The molecule has 0 aliphatic rings. The highest BCUT2D eigenvalue weighted by Gasteiger charge is 2.12. The van der Waals surface area contributed by atoms with Gasteiger partial charge in [0.1, 0.15) is 0 Å². The van der Waals surface area contributed by atoms with Gasteiger partial charge in [-0.15, -0.1) is 22.9 Å². The Balaban J connectivity index is 1.86. The van der Waals surface area contributed by atoms with E-state index in [1.165, 1.54) is 15.0 Å². The number of thiophene rings is 1. The lowest BCUT2D eigenvalue weighted by Crippen LogP contribution is -1.95. The van der Waals surface area contributed by atoms with Crippen molar-refractivity contribution in [3.63, 3.8) is 0 Å². The number of alkyl halides is 1. The van der Waals surface area contributed by atoms with Crippen LogP contribution in [0.3, 0.4) is 0 Å². The average Bonchev–Trinajstić information content (AvgIpc) is 2.84. The first-order valence-corrected chi connectivity index (χ1v) is 7.11. The highest BCUT2D eigenvalue weighted by molar-refractivity contribution is 7.19. The fraction of sp³-hybridized carbons (Fsp3) is 0.133. The molecule has 0 saturated carbocycles. The molecule has 0 aliphatic carbocycles. The average molecular weight is 274 g/mol. The third-order valence-corrected chi connectivity index (χ3v) is 4.62. The normalized spacial score (nSPS) is 12.7. The van der Waals surface area contributed by atoms with Crippen LogP contribution in [-0.2, 0) is 6.42 Å². The largest absolute Gasteiger partial charge is 0.261 e. The van der Waals surface area contributed by atoms with Gasteiger partial charge in [0.05, 0.1) is 5.38 Å². The Morgan fingerprint density at radius 2 is 1.94 bits per heavy atom. The van der Waals surface area contributed by atoms with Gasteiger partial charge in [-0.3, -0.25) is 4.98 Å². The molecular weight excluding hydrogens is 262 g/mol. The zero-order valence-electron chi connectivity index (χ0n) is 9.71. The Labute approximate surface area is 115 Å².